The molecule has 1 atom stereocenters. The monoisotopic (exact) mass is 259 g/mol. The van der Waals surface area contributed by atoms with Crippen LogP contribution in [0, 0.1) is 11.6 Å². The summed E-state index contributed by atoms with van der Waals surface area (Å²) in [6.07, 6.45) is -0.424. The lowest BCUT2D eigenvalue weighted by atomic mass is 9.78. The molecule has 0 saturated carbocycles. The van der Waals surface area contributed by atoms with Gasteiger partial charge in [0.2, 0.25) is 0 Å². The minimum atomic E-state index is -2.14. The van der Waals surface area contributed by atoms with E-state index in [-0.39, 0.29) is 5.56 Å². The Bertz CT molecular complexity index is 479. The zero-order chi connectivity index (χ0) is 14.1. The van der Waals surface area contributed by atoms with Crippen molar-refractivity contribution in [1.29, 1.82) is 0 Å². The fourth-order valence-electron chi connectivity index (χ4n) is 1.41. The van der Waals surface area contributed by atoms with Gasteiger partial charge in [-0.2, -0.15) is 0 Å². The van der Waals surface area contributed by atoms with Crippen molar-refractivity contribution in [3.8, 4) is 0 Å². The van der Waals surface area contributed by atoms with Crippen molar-refractivity contribution in [2.45, 2.75) is 18.9 Å². The van der Waals surface area contributed by atoms with Gasteiger partial charge in [-0.05, 0) is 12.5 Å². The predicted octanol–water partition coefficient (Wildman–Crippen LogP) is -1.01. The number of hydrogen-bond acceptors (Lipinski definition) is 4. The van der Waals surface area contributed by atoms with Gasteiger partial charge in [0.1, 0.15) is 5.54 Å². The fraction of sp³-hybridized carbons (Fsp3) is 0.300. The Kier molecular flexibility index (Phi) is 4.05. The highest BCUT2D eigenvalue weighted by Gasteiger charge is 2.31. The molecular weight excluding hydrogens is 247 g/mol. The number of carboxylic acid groups (broad SMARTS) is 1. The maximum Gasteiger partial charge on any atom is 0.491 e. The van der Waals surface area contributed by atoms with E-state index in [4.69, 9.17) is 20.9 Å². The third-order valence-corrected chi connectivity index (χ3v) is 2.52. The van der Waals surface area contributed by atoms with E-state index in [1.54, 1.807) is 0 Å². The lowest BCUT2D eigenvalue weighted by molar-refractivity contribution is -0.142. The van der Waals surface area contributed by atoms with Crippen LogP contribution in [0.2, 0.25) is 0 Å². The molecule has 98 valence electrons. The van der Waals surface area contributed by atoms with Gasteiger partial charge in [0.15, 0.2) is 11.6 Å². The van der Waals surface area contributed by atoms with E-state index >= 15 is 0 Å². The van der Waals surface area contributed by atoms with Crippen LogP contribution in [0.25, 0.3) is 0 Å². The first-order chi connectivity index (χ1) is 8.16. The van der Waals surface area contributed by atoms with E-state index in [0.29, 0.717) is 0 Å². The van der Waals surface area contributed by atoms with Gasteiger partial charge in [0.05, 0.1) is 0 Å². The second kappa shape index (κ2) is 5.01. The van der Waals surface area contributed by atoms with Crippen LogP contribution < -0.4 is 11.2 Å². The Balaban J connectivity index is 3.14. The molecule has 0 bridgehead atoms. The van der Waals surface area contributed by atoms with E-state index in [1.165, 1.54) is 6.92 Å². The van der Waals surface area contributed by atoms with Gasteiger partial charge in [-0.3, -0.25) is 4.79 Å². The Morgan fingerprint density at radius 2 is 1.94 bits per heavy atom. The lowest BCUT2D eigenvalue weighted by Crippen LogP contribution is -2.47. The number of rotatable bonds is 4. The average Bonchev–Trinajstić information content (AvgIpc) is 2.24. The Hall–Kier alpha value is -1.51. The number of aliphatic carboxylic acids is 1. The minimum Gasteiger partial charge on any atom is -0.480 e. The van der Waals surface area contributed by atoms with Crippen LogP contribution >= 0.6 is 0 Å². The van der Waals surface area contributed by atoms with Gasteiger partial charge in [-0.15, -0.1) is 0 Å². The van der Waals surface area contributed by atoms with Crippen LogP contribution in [0.15, 0.2) is 12.1 Å². The van der Waals surface area contributed by atoms with Gasteiger partial charge in [-0.1, -0.05) is 12.1 Å². The van der Waals surface area contributed by atoms with Gasteiger partial charge >= 0.3 is 13.1 Å². The summed E-state index contributed by atoms with van der Waals surface area (Å²) >= 11 is 0. The van der Waals surface area contributed by atoms with Crippen LogP contribution in [0.1, 0.15) is 12.5 Å². The van der Waals surface area contributed by atoms with E-state index < -0.39 is 42.1 Å². The molecule has 0 aliphatic carbocycles. The molecular formula is C10H12BF2NO4. The SMILES string of the molecule is C[C@](N)(Cc1ccc(B(O)O)c(F)c1F)C(=O)O. The number of benzene rings is 1. The number of nitrogens with two attached hydrogens (primary N) is 1. The Morgan fingerprint density at radius 3 is 2.39 bits per heavy atom. The quantitative estimate of drug-likeness (QED) is 0.518. The summed E-state index contributed by atoms with van der Waals surface area (Å²) in [7, 11) is -2.14. The second-order valence-electron chi connectivity index (χ2n) is 4.21. The second-order valence-corrected chi connectivity index (χ2v) is 4.21. The molecule has 1 rings (SSSR count). The first-order valence-corrected chi connectivity index (χ1v) is 5.02. The highest BCUT2D eigenvalue weighted by molar-refractivity contribution is 6.58. The highest BCUT2D eigenvalue weighted by Crippen LogP contribution is 2.16. The zero-order valence-corrected chi connectivity index (χ0v) is 9.52. The van der Waals surface area contributed by atoms with Crippen LogP contribution in [0.3, 0.4) is 0 Å². The van der Waals surface area contributed by atoms with Gasteiger partial charge in [0.25, 0.3) is 0 Å². The maximum atomic E-state index is 13.6. The number of hydrogen-bond donors (Lipinski definition) is 4. The summed E-state index contributed by atoms with van der Waals surface area (Å²) in [5, 5.41) is 26.3. The van der Waals surface area contributed by atoms with E-state index in [0.717, 1.165) is 12.1 Å². The van der Waals surface area contributed by atoms with Crippen molar-refractivity contribution in [2.75, 3.05) is 0 Å². The molecule has 0 unspecified atom stereocenters. The fourth-order valence-corrected chi connectivity index (χ4v) is 1.41. The molecule has 0 spiro atoms. The minimum absolute atomic E-state index is 0.246. The molecule has 0 aliphatic heterocycles. The lowest BCUT2D eigenvalue weighted by Gasteiger charge is -2.19. The number of halogens is 2. The molecule has 1 aromatic carbocycles. The highest BCUT2D eigenvalue weighted by atomic mass is 19.2. The predicted molar refractivity (Wildman–Crippen MR) is 60.1 cm³/mol. The maximum absolute atomic E-state index is 13.6. The van der Waals surface area contributed by atoms with Gasteiger partial charge in [0, 0.05) is 11.9 Å². The van der Waals surface area contributed by atoms with Crippen LogP contribution in [-0.4, -0.2) is 33.8 Å². The molecule has 1 aromatic rings. The van der Waals surface area contributed by atoms with Crippen molar-refractivity contribution in [3.63, 3.8) is 0 Å². The summed E-state index contributed by atoms with van der Waals surface area (Å²) in [4.78, 5) is 10.8. The van der Waals surface area contributed by atoms with Crippen molar-refractivity contribution in [3.05, 3.63) is 29.3 Å². The van der Waals surface area contributed by atoms with E-state index in [2.05, 4.69) is 0 Å². The van der Waals surface area contributed by atoms with Crippen LogP contribution in [-0.2, 0) is 11.2 Å². The summed E-state index contributed by atoms with van der Waals surface area (Å²) in [5.74, 6) is -4.12. The molecule has 8 heteroatoms. The summed E-state index contributed by atoms with van der Waals surface area (Å²) in [6.45, 7) is 1.17. The molecule has 0 amide bonds. The summed E-state index contributed by atoms with van der Waals surface area (Å²) in [6, 6.07) is 2.04. The van der Waals surface area contributed by atoms with Crippen molar-refractivity contribution in [1.82, 2.24) is 0 Å². The third-order valence-electron chi connectivity index (χ3n) is 2.52. The van der Waals surface area contributed by atoms with Crippen molar-refractivity contribution < 1.29 is 28.7 Å². The Morgan fingerprint density at radius 1 is 1.39 bits per heavy atom. The Labute approximate surface area is 102 Å². The molecule has 0 aliphatic rings. The topological polar surface area (TPSA) is 104 Å². The molecule has 0 saturated heterocycles. The van der Waals surface area contributed by atoms with Crippen molar-refractivity contribution >= 4 is 18.6 Å². The average molecular weight is 259 g/mol. The third kappa shape index (κ3) is 2.84. The molecule has 0 heterocycles. The molecule has 5 N–H and O–H groups in total. The smallest absolute Gasteiger partial charge is 0.480 e. The molecule has 0 radical (unpaired) electrons. The van der Waals surface area contributed by atoms with Crippen molar-refractivity contribution in [2.24, 2.45) is 5.73 Å². The van der Waals surface area contributed by atoms with Crippen LogP contribution in [0.5, 0.6) is 0 Å². The largest absolute Gasteiger partial charge is 0.491 e. The number of carbonyl (C=O) groups is 1. The van der Waals surface area contributed by atoms with Crippen LogP contribution in [0.4, 0.5) is 8.78 Å². The normalized spacial score (nSPS) is 14.1. The first-order valence-electron chi connectivity index (χ1n) is 5.02. The molecule has 0 aromatic heterocycles. The molecule has 5 nitrogen and oxygen atoms in total. The molecule has 18 heavy (non-hydrogen) atoms. The zero-order valence-electron chi connectivity index (χ0n) is 9.52. The van der Waals surface area contributed by atoms with Gasteiger partial charge in [-0.25, -0.2) is 8.78 Å². The summed E-state index contributed by atoms with van der Waals surface area (Å²) in [5.41, 5.74) is 2.81. The molecule has 0 fully saturated rings. The summed E-state index contributed by atoms with van der Waals surface area (Å²) < 4.78 is 27.0. The number of carboxylic acids is 1. The van der Waals surface area contributed by atoms with Gasteiger partial charge < -0.3 is 20.9 Å². The van der Waals surface area contributed by atoms with E-state index in [1.807, 2.05) is 0 Å². The first kappa shape index (κ1) is 14.6. The standard InChI is InChI=1S/C10H12BF2NO4/c1-10(14,9(15)16)4-5-2-3-6(11(17)18)8(13)7(5)12/h2-3,17-18H,4,14H2,1H3,(H,15,16)/t10-/m0/s1. The van der Waals surface area contributed by atoms with E-state index in [9.17, 15) is 13.6 Å².